The van der Waals surface area contributed by atoms with E-state index in [-0.39, 0.29) is 11.5 Å². The van der Waals surface area contributed by atoms with E-state index in [1.165, 1.54) is 22.1 Å². The van der Waals surface area contributed by atoms with Gasteiger partial charge in [0.1, 0.15) is 16.1 Å². The van der Waals surface area contributed by atoms with Crippen molar-refractivity contribution < 1.29 is 18.4 Å². The molecule has 8 nitrogen and oxygen atoms in total. The summed E-state index contributed by atoms with van der Waals surface area (Å²) in [6.45, 7) is 2.09. The molecule has 5 rings (SSSR count). The largest absolute Gasteiger partial charge is 0.462 e. The van der Waals surface area contributed by atoms with E-state index in [1.807, 2.05) is 6.07 Å². The quantitative estimate of drug-likeness (QED) is 0.392. The predicted octanol–water partition coefficient (Wildman–Crippen LogP) is 3.40. The van der Waals surface area contributed by atoms with Gasteiger partial charge in [0.05, 0.1) is 18.4 Å². The predicted molar refractivity (Wildman–Crippen MR) is 114 cm³/mol. The number of carbonyl (C=O) groups is 1. The third kappa shape index (κ3) is 3.55. The minimum Gasteiger partial charge on any atom is -0.462 e. The van der Waals surface area contributed by atoms with Gasteiger partial charge < -0.3 is 13.6 Å². The maximum atomic E-state index is 12.7. The van der Waals surface area contributed by atoms with Crippen LogP contribution in [-0.2, 0) is 4.74 Å². The zero-order valence-corrected chi connectivity index (χ0v) is 17.1. The van der Waals surface area contributed by atoms with Gasteiger partial charge in [0.15, 0.2) is 5.76 Å². The van der Waals surface area contributed by atoms with E-state index in [1.54, 1.807) is 55.5 Å². The van der Waals surface area contributed by atoms with Crippen LogP contribution in [0.2, 0.25) is 0 Å². The van der Waals surface area contributed by atoms with Gasteiger partial charge >= 0.3 is 5.97 Å². The van der Waals surface area contributed by atoms with Crippen LogP contribution >= 0.6 is 11.3 Å². The van der Waals surface area contributed by atoms with Gasteiger partial charge in [0, 0.05) is 11.6 Å². The van der Waals surface area contributed by atoms with Gasteiger partial charge in [-0.1, -0.05) is 23.5 Å². The molecule has 0 unspecified atom stereocenters. The fourth-order valence-corrected chi connectivity index (χ4v) is 3.93. The summed E-state index contributed by atoms with van der Waals surface area (Å²) >= 11 is 1.22. The Morgan fingerprint density at radius 2 is 2.00 bits per heavy atom. The molecule has 4 aromatic heterocycles. The van der Waals surface area contributed by atoms with Gasteiger partial charge in [-0.15, -0.1) is 5.10 Å². The van der Waals surface area contributed by atoms with Crippen molar-refractivity contribution in [2.75, 3.05) is 6.61 Å². The number of esters is 1. The summed E-state index contributed by atoms with van der Waals surface area (Å²) in [4.78, 5) is 29.3. The number of ether oxygens (including phenoxy) is 1. The molecule has 0 aliphatic rings. The minimum absolute atomic E-state index is 0.276. The van der Waals surface area contributed by atoms with Crippen LogP contribution in [0.3, 0.4) is 0 Å². The molecule has 0 saturated carbocycles. The molecule has 0 saturated heterocycles. The van der Waals surface area contributed by atoms with Crippen molar-refractivity contribution in [3.05, 3.63) is 81.0 Å². The Morgan fingerprint density at radius 1 is 1.16 bits per heavy atom. The molecule has 0 spiro atoms. The highest BCUT2D eigenvalue weighted by Gasteiger charge is 2.14. The lowest BCUT2D eigenvalue weighted by molar-refractivity contribution is 0.0526. The molecule has 31 heavy (non-hydrogen) atoms. The summed E-state index contributed by atoms with van der Waals surface area (Å²) in [5, 5.41) is 4.23. The van der Waals surface area contributed by atoms with Crippen molar-refractivity contribution in [2.45, 2.75) is 6.92 Å². The summed E-state index contributed by atoms with van der Waals surface area (Å²) in [5.41, 5.74) is 1.01. The normalized spacial score (nSPS) is 12.0. The summed E-state index contributed by atoms with van der Waals surface area (Å²) < 4.78 is 17.8. The summed E-state index contributed by atoms with van der Waals surface area (Å²) in [6, 6.07) is 14.0. The lowest BCUT2D eigenvalue weighted by Crippen LogP contribution is -2.23. The third-order valence-corrected chi connectivity index (χ3v) is 5.46. The van der Waals surface area contributed by atoms with Crippen molar-refractivity contribution in [2.24, 2.45) is 0 Å². The van der Waals surface area contributed by atoms with Crippen LogP contribution < -0.4 is 10.1 Å². The minimum atomic E-state index is -0.364. The van der Waals surface area contributed by atoms with Crippen molar-refractivity contribution in [1.29, 1.82) is 0 Å². The van der Waals surface area contributed by atoms with Gasteiger partial charge in [-0.05, 0) is 43.3 Å². The molecule has 1 aromatic carbocycles. The number of rotatable bonds is 5. The topological polar surface area (TPSA) is 99.8 Å². The molecule has 0 aliphatic carbocycles. The Kier molecular flexibility index (Phi) is 4.72. The summed E-state index contributed by atoms with van der Waals surface area (Å²) in [5.74, 6) is 1.65. The molecule has 0 atom stereocenters. The van der Waals surface area contributed by atoms with Gasteiger partial charge in [-0.2, -0.15) is 9.50 Å². The first kappa shape index (κ1) is 19.0. The molecule has 0 N–H and O–H groups in total. The van der Waals surface area contributed by atoms with Gasteiger partial charge in [0.25, 0.3) is 5.56 Å². The lowest BCUT2D eigenvalue weighted by Gasteiger charge is -2.02. The van der Waals surface area contributed by atoms with Crippen LogP contribution in [0, 0.1) is 0 Å². The van der Waals surface area contributed by atoms with Crippen LogP contribution in [0.4, 0.5) is 0 Å². The average molecular weight is 433 g/mol. The molecule has 5 aromatic rings. The standard InChI is InChI=1S/C22H15N3O5S/c1-2-28-21(27)14-7-5-13(6-8-14)16-10-9-15(30-16)12-18-20(26)25-22(31-18)23-19(24-25)17-4-3-11-29-17/h3-12H,2H2,1H3. The van der Waals surface area contributed by atoms with E-state index in [9.17, 15) is 9.59 Å². The Morgan fingerprint density at radius 3 is 2.71 bits per heavy atom. The molecule has 0 fully saturated rings. The van der Waals surface area contributed by atoms with Crippen LogP contribution in [0.15, 0.2) is 68.4 Å². The van der Waals surface area contributed by atoms with Crippen molar-refractivity contribution in [3.63, 3.8) is 0 Å². The SMILES string of the molecule is CCOC(=O)c1ccc(-c2ccc(C=c3sc4nc(-c5ccco5)nn4c3=O)o2)cc1. The Labute approximate surface area is 179 Å². The average Bonchev–Trinajstić information content (AvgIpc) is 3.56. The maximum absolute atomic E-state index is 12.7. The fourth-order valence-electron chi connectivity index (χ4n) is 3.04. The second-order valence-electron chi connectivity index (χ2n) is 6.52. The number of fused-ring (bicyclic) bond motifs is 1. The first-order valence-corrected chi connectivity index (χ1v) is 10.3. The molecular weight excluding hydrogens is 418 g/mol. The fraction of sp³-hybridized carbons (Fsp3) is 0.0909. The number of carbonyl (C=O) groups excluding carboxylic acids is 1. The smallest absolute Gasteiger partial charge is 0.338 e. The van der Waals surface area contributed by atoms with Gasteiger partial charge in [-0.3, -0.25) is 4.79 Å². The summed E-state index contributed by atoms with van der Waals surface area (Å²) in [7, 11) is 0. The Balaban J connectivity index is 1.43. The lowest BCUT2D eigenvalue weighted by atomic mass is 10.1. The molecule has 0 aliphatic heterocycles. The second kappa shape index (κ2) is 7.69. The first-order valence-electron chi connectivity index (χ1n) is 9.45. The molecule has 0 amide bonds. The number of benzene rings is 1. The second-order valence-corrected chi connectivity index (χ2v) is 7.53. The van der Waals surface area contributed by atoms with Crippen LogP contribution in [0.1, 0.15) is 23.0 Å². The molecule has 0 bridgehead atoms. The van der Waals surface area contributed by atoms with E-state index in [0.29, 0.717) is 44.8 Å². The van der Waals surface area contributed by atoms with E-state index in [0.717, 1.165) is 5.56 Å². The monoisotopic (exact) mass is 433 g/mol. The van der Waals surface area contributed by atoms with Crippen molar-refractivity contribution >= 4 is 28.3 Å². The molecule has 0 radical (unpaired) electrons. The number of thiazole rings is 1. The maximum Gasteiger partial charge on any atom is 0.338 e. The number of hydrogen-bond donors (Lipinski definition) is 0. The Hall–Kier alpha value is -3.98. The molecule has 4 heterocycles. The van der Waals surface area contributed by atoms with Crippen molar-refractivity contribution in [1.82, 2.24) is 14.6 Å². The zero-order chi connectivity index (χ0) is 21.4. The van der Waals surface area contributed by atoms with E-state index in [2.05, 4.69) is 10.1 Å². The molecule has 9 heteroatoms. The highest BCUT2D eigenvalue weighted by Crippen LogP contribution is 2.23. The number of hydrogen-bond acceptors (Lipinski definition) is 8. The highest BCUT2D eigenvalue weighted by molar-refractivity contribution is 7.15. The van der Waals surface area contributed by atoms with E-state index < -0.39 is 0 Å². The number of furan rings is 2. The van der Waals surface area contributed by atoms with Crippen molar-refractivity contribution in [3.8, 4) is 22.9 Å². The van der Waals surface area contributed by atoms with Crippen LogP contribution in [0.25, 0.3) is 33.9 Å². The number of nitrogens with zero attached hydrogens (tertiary/aromatic N) is 3. The van der Waals surface area contributed by atoms with Gasteiger partial charge in [-0.25, -0.2) is 4.79 Å². The number of aromatic nitrogens is 3. The van der Waals surface area contributed by atoms with Crippen LogP contribution in [0.5, 0.6) is 0 Å². The van der Waals surface area contributed by atoms with Gasteiger partial charge in [0.2, 0.25) is 10.8 Å². The Bertz CT molecular complexity index is 1480. The highest BCUT2D eigenvalue weighted by atomic mass is 32.1. The van der Waals surface area contributed by atoms with Crippen LogP contribution in [-0.4, -0.2) is 27.2 Å². The summed E-state index contributed by atoms with van der Waals surface area (Å²) in [6.07, 6.45) is 3.19. The molecular formula is C22H15N3O5S. The first-order chi connectivity index (χ1) is 15.1. The zero-order valence-electron chi connectivity index (χ0n) is 16.3. The molecule has 154 valence electrons. The third-order valence-electron chi connectivity index (χ3n) is 4.50. The van der Waals surface area contributed by atoms with E-state index >= 15 is 0 Å². The van der Waals surface area contributed by atoms with E-state index in [4.69, 9.17) is 13.6 Å².